The van der Waals surface area contributed by atoms with Crippen LogP contribution in [0.5, 0.6) is 0 Å². The van der Waals surface area contributed by atoms with Gasteiger partial charge < -0.3 is 10.2 Å². The highest BCUT2D eigenvalue weighted by Gasteiger charge is 2.30. The first-order valence-corrected chi connectivity index (χ1v) is 9.79. The number of alkyl halides is 1. The number of benzene rings is 1. The molecule has 1 aliphatic heterocycles. The number of nitrogens with one attached hydrogen (secondary N) is 2. The summed E-state index contributed by atoms with van der Waals surface area (Å²) in [5.41, 5.74) is 1.59. The van der Waals surface area contributed by atoms with E-state index in [4.69, 9.17) is 0 Å². The zero-order valence-electron chi connectivity index (χ0n) is 15.5. The standard InChI is InChI=1S/C18H20FN7OS/c1-10-24-25-16(28-10)11-3-4-12-8-21-17(22-15(12)7-11)23-18(27)26-6-5-14(20-2)13(19)9-26/h3-4,7-8,13-14,20H,5-6,9H2,1-2H3,(H,21,22,23,27)/t13-,14-/m1/s1. The fourth-order valence-corrected chi connectivity index (χ4v) is 3.91. The summed E-state index contributed by atoms with van der Waals surface area (Å²) in [5.74, 6) is 0.189. The Kier molecular flexibility index (Phi) is 5.14. The third-order valence-electron chi connectivity index (χ3n) is 4.77. The molecule has 0 spiro atoms. The van der Waals surface area contributed by atoms with E-state index < -0.39 is 12.2 Å². The molecule has 10 heteroatoms. The Labute approximate surface area is 165 Å². The number of aromatic nitrogens is 4. The van der Waals surface area contributed by atoms with Crippen LogP contribution in [0.15, 0.2) is 24.4 Å². The van der Waals surface area contributed by atoms with Crippen molar-refractivity contribution in [3.63, 3.8) is 0 Å². The van der Waals surface area contributed by atoms with E-state index >= 15 is 0 Å². The maximum atomic E-state index is 14.1. The lowest BCUT2D eigenvalue weighted by Gasteiger charge is -2.34. The molecule has 0 bridgehead atoms. The summed E-state index contributed by atoms with van der Waals surface area (Å²) in [6, 6.07) is 5.12. The average Bonchev–Trinajstić information content (AvgIpc) is 3.13. The van der Waals surface area contributed by atoms with Crippen molar-refractivity contribution in [2.24, 2.45) is 0 Å². The summed E-state index contributed by atoms with van der Waals surface area (Å²) in [6.07, 6.45) is 1.12. The Balaban J connectivity index is 1.51. The van der Waals surface area contributed by atoms with Gasteiger partial charge in [-0.15, -0.1) is 10.2 Å². The van der Waals surface area contributed by atoms with Crippen molar-refractivity contribution in [2.45, 2.75) is 25.6 Å². The number of halogens is 1. The van der Waals surface area contributed by atoms with Crippen LogP contribution in [0.25, 0.3) is 21.5 Å². The average molecular weight is 401 g/mol. The summed E-state index contributed by atoms with van der Waals surface area (Å²) >= 11 is 1.50. The number of carbonyl (C=O) groups excluding carboxylic acids is 1. The number of nitrogens with zero attached hydrogens (tertiary/aromatic N) is 5. The molecular weight excluding hydrogens is 381 g/mol. The first kappa shape index (κ1) is 18.6. The molecule has 1 saturated heterocycles. The maximum Gasteiger partial charge on any atom is 0.324 e. The van der Waals surface area contributed by atoms with Crippen LogP contribution in [0.2, 0.25) is 0 Å². The predicted octanol–water partition coefficient (Wildman–Crippen LogP) is 2.62. The molecule has 1 aliphatic rings. The highest BCUT2D eigenvalue weighted by Crippen LogP contribution is 2.26. The van der Waals surface area contributed by atoms with Crippen molar-refractivity contribution < 1.29 is 9.18 Å². The number of piperidine rings is 1. The van der Waals surface area contributed by atoms with Gasteiger partial charge in [0, 0.05) is 29.7 Å². The number of hydrogen-bond donors (Lipinski definition) is 2. The summed E-state index contributed by atoms with van der Waals surface area (Å²) in [4.78, 5) is 22.5. The van der Waals surface area contributed by atoms with Gasteiger partial charge >= 0.3 is 6.03 Å². The zero-order chi connectivity index (χ0) is 19.7. The monoisotopic (exact) mass is 401 g/mol. The predicted molar refractivity (Wildman–Crippen MR) is 106 cm³/mol. The topological polar surface area (TPSA) is 95.9 Å². The van der Waals surface area contributed by atoms with Gasteiger partial charge in [0.2, 0.25) is 5.95 Å². The van der Waals surface area contributed by atoms with Crippen molar-refractivity contribution in [2.75, 3.05) is 25.5 Å². The van der Waals surface area contributed by atoms with Crippen LogP contribution >= 0.6 is 11.3 Å². The van der Waals surface area contributed by atoms with Crippen molar-refractivity contribution >= 4 is 34.2 Å². The third kappa shape index (κ3) is 3.78. The molecule has 8 nitrogen and oxygen atoms in total. The van der Waals surface area contributed by atoms with Gasteiger partial charge in [0.25, 0.3) is 0 Å². The van der Waals surface area contributed by atoms with Gasteiger partial charge in [-0.2, -0.15) is 0 Å². The zero-order valence-corrected chi connectivity index (χ0v) is 16.3. The number of carbonyl (C=O) groups is 1. The molecule has 1 fully saturated rings. The second kappa shape index (κ2) is 7.72. The molecular formula is C18H20FN7OS. The lowest BCUT2D eigenvalue weighted by molar-refractivity contribution is 0.126. The quantitative estimate of drug-likeness (QED) is 0.700. The summed E-state index contributed by atoms with van der Waals surface area (Å²) in [7, 11) is 1.73. The summed E-state index contributed by atoms with van der Waals surface area (Å²) < 4.78 is 14.1. The number of aryl methyl sites for hydroxylation is 1. The lowest BCUT2D eigenvalue weighted by atomic mass is 10.0. The number of anilines is 1. The Morgan fingerprint density at radius 1 is 1.36 bits per heavy atom. The van der Waals surface area contributed by atoms with Crippen LogP contribution in [0.1, 0.15) is 11.4 Å². The molecule has 28 heavy (non-hydrogen) atoms. The lowest BCUT2D eigenvalue weighted by Crippen LogP contribution is -2.52. The molecule has 2 amide bonds. The van der Waals surface area contributed by atoms with E-state index in [1.165, 1.54) is 16.2 Å². The maximum absolute atomic E-state index is 14.1. The first-order valence-electron chi connectivity index (χ1n) is 8.98. The fraction of sp³-hybridized carbons (Fsp3) is 0.389. The molecule has 3 aromatic rings. The molecule has 0 saturated carbocycles. The highest BCUT2D eigenvalue weighted by atomic mass is 32.1. The molecule has 2 aromatic heterocycles. The summed E-state index contributed by atoms with van der Waals surface area (Å²) in [6.45, 7) is 2.43. The van der Waals surface area contributed by atoms with Crippen molar-refractivity contribution in [3.05, 3.63) is 29.4 Å². The minimum atomic E-state index is -1.10. The third-order valence-corrected chi connectivity index (χ3v) is 5.66. The van der Waals surface area contributed by atoms with E-state index in [0.717, 1.165) is 21.0 Å². The first-order chi connectivity index (χ1) is 13.5. The molecule has 0 unspecified atom stereocenters. The van der Waals surface area contributed by atoms with E-state index in [1.807, 2.05) is 25.1 Å². The van der Waals surface area contributed by atoms with Crippen LogP contribution in [0.4, 0.5) is 15.1 Å². The molecule has 1 aromatic carbocycles. The smallest absolute Gasteiger partial charge is 0.321 e. The van der Waals surface area contributed by atoms with Gasteiger partial charge in [-0.1, -0.05) is 23.5 Å². The largest absolute Gasteiger partial charge is 0.324 e. The van der Waals surface area contributed by atoms with E-state index in [1.54, 1.807) is 13.2 Å². The molecule has 146 valence electrons. The minimum Gasteiger partial charge on any atom is -0.321 e. The SMILES string of the molecule is CN[C@@H]1CCN(C(=O)Nc2ncc3ccc(-c4nnc(C)s4)cc3n2)C[C@H]1F. The molecule has 3 heterocycles. The number of rotatable bonds is 3. The number of urea groups is 1. The van der Waals surface area contributed by atoms with Gasteiger partial charge in [-0.25, -0.2) is 19.2 Å². The number of fused-ring (bicyclic) bond motifs is 1. The number of amides is 2. The Bertz CT molecular complexity index is 1010. The number of likely N-dealkylation sites (tertiary alicyclic amines) is 1. The van der Waals surface area contributed by atoms with E-state index in [9.17, 15) is 9.18 Å². The number of hydrogen-bond acceptors (Lipinski definition) is 7. The van der Waals surface area contributed by atoms with Crippen LogP contribution in [0.3, 0.4) is 0 Å². The van der Waals surface area contributed by atoms with Crippen molar-refractivity contribution in [1.29, 1.82) is 0 Å². The molecule has 0 aliphatic carbocycles. The second-order valence-electron chi connectivity index (χ2n) is 6.67. The molecule has 0 radical (unpaired) electrons. The van der Waals surface area contributed by atoms with Crippen LogP contribution in [0, 0.1) is 6.92 Å². The molecule has 2 atom stereocenters. The normalized spacial score (nSPS) is 19.8. The van der Waals surface area contributed by atoms with Crippen LogP contribution < -0.4 is 10.6 Å². The van der Waals surface area contributed by atoms with E-state index in [-0.39, 0.29) is 18.5 Å². The Morgan fingerprint density at radius 3 is 2.93 bits per heavy atom. The Morgan fingerprint density at radius 2 is 2.21 bits per heavy atom. The van der Waals surface area contributed by atoms with Crippen LogP contribution in [-0.4, -0.2) is 63.4 Å². The second-order valence-corrected chi connectivity index (χ2v) is 7.85. The highest BCUT2D eigenvalue weighted by molar-refractivity contribution is 7.14. The molecule has 4 rings (SSSR count). The van der Waals surface area contributed by atoms with E-state index in [2.05, 4.69) is 30.8 Å². The van der Waals surface area contributed by atoms with Crippen molar-refractivity contribution in [3.8, 4) is 10.6 Å². The van der Waals surface area contributed by atoms with Crippen LogP contribution in [-0.2, 0) is 0 Å². The van der Waals surface area contributed by atoms with Gasteiger partial charge in [-0.3, -0.25) is 5.32 Å². The van der Waals surface area contributed by atoms with Gasteiger partial charge in [0.15, 0.2) is 0 Å². The minimum absolute atomic E-state index is 0.0471. The Hall–Kier alpha value is -2.72. The van der Waals surface area contributed by atoms with Gasteiger partial charge in [0.05, 0.1) is 12.1 Å². The summed E-state index contributed by atoms with van der Waals surface area (Å²) in [5, 5.41) is 16.3. The van der Waals surface area contributed by atoms with Gasteiger partial charge in [0.1, 0.15) is 16.2 Å². The molecule has 2 N–H and O–H groups in total. The van der Waals surface area contributed by atoms with Crippen molar-refractivity contribution in [1.82, 2.24) is 30.4 Å². The fourth-order valence-electron chi connectivity index (χ4n) is 3.22. The van der Waals surface area contributed by atoms with E-state index in [0.29, 0.717) is 18.5 Å². The van der Waals surface area contributed by atoms with Gasteiger partial charge in [-0.05, 0) is 26.5 Å².